The molecule has 3 unspecified atom stereocenters. The van der Waals surface area contributed by atoms with Gasteiger partial charge in [-0.05, 0) is 62.2 Å². The molecule has 4 nitrogen and oxygen atoms in total. The quantitative estimate of drug-likeness (QED) is 0.924. The molecular weight excluding hydrogens is 262 g/mol. The fraction of sp³-hybridized carbons (Fsp3) is 0.882. The number of hydrogen-bond acceptors (Lipinski definition) is 4. The molecule has 0 saturated heterocycles. The van der Waals surface area contributed by atoms with Crippen LogP contribution < -0.4 is 5.73 Å². The second-order valence-electron chi connectivity index (χ2n) is 8.44. The van der Waals surface area contributed by atoms with E-state index >= 15 is 0 Å². The number of nitrogens with two attached hydrogens (primary N) is 1. The summed E-state index contributed by atoms with van der Waals surface area (Å²) in [7, 11) is 0. The lowest BCUT2D eigenvalue weighted by atomic mass is 9.44. The Hall–Kier alpha value is -0.900. The van der Waals surface area contributed by atoms with Gasteiger partial charge in [-0.15, -0.1) is 0 Å². The highest BCUT2D eigenvalue weighted by molar-refractivity contribution is 5.18. The molecule has 3 atom stereocenters. The van der Waals surface area contributed by atoms with Gasteiger partial charge in [-0.25, -0.2) is 0 Å². The highest BCUT2D eigenvalue weighted by atomic mass is 16.5. The van der Waals surface area contributed by atoms with Gasteiger partial charge in [0.1, 0.15) is 0 Å². The van der Waals surface area contributed by atoms with Gasteiger partial charge in [-0.1, -0.05) is 19.0 Å². The first-order valence-electron chi connectivity index (χ1n) is 8.59. The monoisotopic (exact) mass is 289 g/mol. The predicted molar refractivity (Wildman–Crippen MR) is 80.7 cm³/mol. The number of aromatic nitrogens is 2. The molecule has 4 fully saturated rings. The third-order valence-corrected chi connectivity index (χ3v) is 6.24. The average Bonchev–Trinajstić information content (AvgIpc) is 2.85. The van der Waals surface area contributed by atoms with Crippen molar-refractivity contribution >= 4 is 0 Å². The summed E-state index contributed by atoms with van der Waals surface area (Å²) in [6.45, 7) is 4.58. The van der Waals surface area contributed by atoms with Gasteiger partial charge in [-0.2, -0.15) is 4.98 Å². The third kappa shape index (κ3) is 2.23. The minimum Gasteiger partial charge on any atom is -0.339 e. The molecule has 4 aliphatic rings. The van der Waals surface area contributed by atoms with Crippen LogP contribution in [0, 0.1) is 17.3 Å². The van der Waals surface area contributed by atoms with Crippen molar-refractivity contribution in [1.29, 1.82) is 0 Å². The van der Waals surface area contributed by atoms with E-state index in [4.69, 9.17) is 15.2 Å². The maximum Gasteiger partial charge on any atom is 0.232 e. The summed E-state index contributed by atoms with van der Waals surface area (Å²) in [6.07, 6.45) is 9.71. The van der Waals surface area contributed by atoms with Crippen LogP contribution in [-0.2, 0) is 11.8 Å². The number of nitrogens with zero attached hydrogens (tertiary/aromatic N) is 2. The zero-order valence-corrected chi connectivity index (χ0v) is 13.3. The molecule has 1 aromatic heterocycles. The van der Waals surface area contributed by atoms with Gasteiger partial charge in [0, 0.05) is 12.5 Å². The van der Waals surface area contributed by atoms with Gasteiger partial charge >= 0.3 is 0 Å². The van der Waals surface area contributed by atoms with E-state index < -0.39 is 0 Å². The van der Waals surface area contributed by atoms with Crippen molar-refractivity contribution in [3.8, 4) is 0 Å². The van der Waals surface area contributed by atoms with Gasteiger partial charge in [0.15, 0.2) is 5.82 Å². The van der Waals surface area contributed by atoms with Gasteiger partial charge in [-0.3, -0.25) is 0 Å². The van der Waals surface area contributed by atoms with E-state index in [2.05, 4.69) is 19.0 Å². The van der Waals surface area contributed by atoms with Crippen molar-refractivity contribution in [2.45, 2.75) is 76.7 Å². The van der Waals surface area contributed by atoms with Crippen LogP contribution in [0.5, 0.6) is 0 Å². The largest absolute Gasteiger partial charge is 0.339 e. The molecule has 4 bridgehead atoms. The smallest absolute Gasteiger partial charge is 0.232 e. The van der Waals surface area contributed by atoms with Crippen molar-refractivity contribution in [2.75, 3.05) is 0 Å². The van der Waals surface area contributed by atoms with Crippen molar-refractivity contribution < 1.29 is 4.52 Å². The van der Waals surface area contributed by atoms with Crippen LogP contribution in [0.25, 0.3) is 0 Å². The molecule has 0 spiro atoms. The summed E-state index contributed by atoms with van der Waals surface area (Å²) in [4.78, 5) is 4.76. The molecular formula is C17H27N3O. The fourth-order valence-electron chi connectivity index (χ4n) is 5.90. The molecule has 1 aromatic rings. The molecule has 4 aliphatic carbocycles. The second kappa shape index (κ2) is 4.55. The van der Waals surface area contributed by atoms with E-state index in [1.165, 1.54) is 38.5 Å². The summed E-state index contributed by atoms with van der Waals surface area (Å²) >= 11 is 0. The Balaban J connectivity index is 1.61. The van der Waals surface area contributed by atoms with Crippen molar-refractivity contribution in [2.24, 2.45) is 23.0 Å². The topological polar surface area (TPSA) is 64.9 Å². The lowest BCUT2D eigenvalue weighted by Crippen LogP contribution is -2.53. The maximum atomic E-state index is 6.02. The average molecular weight is 289 g/mol. The molecule has 4 saturated carbocycles. The van der Waals surface area contributed by atoms with E-state index in [1.54, 1.807) is 0 Å². The van der Waals surface area contributed by atoms with Crippen molar-refractivity contribution in [3.05, 3.63) is 11.7 Å². The number of hydrogen-bond donors (Lipinski definition) is 1. The van der Waals surface area contributed by atoms with Gasteiger partial charge in [0.05, 0.1) is 5.41 Å². The Labute approximate surface area is 126 Å². The molecule has 0 radical (unpaired) electrons. The van der Waals surface area contributed by atoms with Crippen LogP contribution >= 0.6 is 0 Å². The Morgan fingerprint density at radius 2 is 2.00 bits per heavy atom. The first-order valence-corrected chi connectivity index (χ1v) is 8.59. The summed E-state index contributed by atoms with van der Waals surface area (Å²) < 4.78 is 5.72. The lowest BCUT2D eigenvalue weighted by molar-refractivity contribution is -0.0724. The van der Waals surface area contributed by atoms with E-state index in [9.17, 15) is 0 Å². The molecule has 5 rings (SSSR count). The standard InChI is InChI=1S/C17H27N3O/c1-3-13(18)5-14-19-15(21-20-14)17-8-11-4-12(9-17)7-16(2,6-11)10-17/h11-13H,3-10,18H2,1-2H3. The minimum absolute atomic E-state index is 0.143. The zero-order valence-electron chi connectivity index (χ0n) is 13.3. The minimum atomic E-state index is 0.143. The van der Waals surface area contributed by atoms with E-state index in [1.807, 2.05) is 0 Å². The van der Waals surface area contributed by atoms with Crippen molar-refractivity contribution in [3.63, 3.8) is 0 Å². The molecule has 21 heavy (non-hydrogen) atoms. The first-order chi connectivity index (χ1) is 10.0. The Bertz CT molecular complexity index is 524. The molecule has 4 heteroatoms. The van der Waals surface area contributed by atoms with Crippen LogP contribution in [-0.4, -0.2) is 16.2 Å². The third-order valence-electron chi connectivity index (χ3n) is 6.24. The molecule has 2 N–H and O–H groups in total. The normalized spacial score (nSPS) is 42.4. The highest BCUT2D eigenvalue weighted by Gasteiger charge is 2.58. The molecule has 1 heterocycles. The van der Waals surface area contributed by atoms with E-state index in [-0.39, 0.29) is 11.5 Å². The summed E-state index contributed by atoms with van der Waals surface area (Å²) in [5, 5.41) is 4.22. The van der Waals surface area contributed by atoms with E-state index in [0.717, 1.165) is 36.4 Å². The summed E-state index contributed by atoms with van der Waals surface area (Å²) in [5.74, 6) is 3.48. The van der Waals surface area contributed by atoms with Gasteiger partial charge in [0.25, 0.3) is 0 Å². The Morgan fingerprint density at radius 1 is 1.29 bits per heavy atom. The maximum absolute atomic E-state index is 6.02. The van der Waals surface area contributed by atoms with Gasteiger partial charge < -0.3 is 10.3 Å². The van der Waals surface area contributed by atoms with Crippen LogP contribution in [0.4, 0.5) is 0 Å². The highest BCUT2D eigenvalue weighted by Crippen LogP contribution is 2.65. The second-order valence-corrected chi connectivity index (χ2v) is 8.44. The van der Waals surface area contributed by atoms with Crippen LogP contribution in [0.1, 0.15) is 70.5 Å². The van der Waals surface area contributed by atoms with Gasteiger partial charge in [0.2, 0.25) is 5.89 Å². The number of rotatable bonds is 4. The fourth-order valence-corrected chi connectivity index (χ4v) is 5.90. The molecule has 0 aromatic carbocycles. The SMILES string of the molecule is CCC(N)Cc1noc(C23CC4CC(CC(C)(C4)C2)C3)n1. The van der Waals surface area contributed by atoms with Crippen LogP contribution in [0.15, 0.2) is 4.52 Å². The molecule has 0 amide bonds. The van der Waals surface area contributed by atoms with E-state index in [0.29, 0.717) is 5.41 Å². The Kier molecular flexibility index (Phi) is 2.97. The van der Waals surface area contributed by atoms with Crippen LogP contribution in [0.3, 0.4) is 0 Å². The van der Waals surface area contributed by atoms with Crippen molar-refractivity contribution in [1.82, 2.24) is 10.1 Å². The van der Waals surface area contributed by atoms with Crippen LogP contribution in [0.2, 0.25) is 0 Å². The Morgan fingerprint density at radius 3 is 2.62 bits per heavy atom. The zero-order chi connectivity index (χ0) is 14.7. The summed E-state index contributed by atoms with van der Waals surface area (Å²) in [5.41, 5.74) is 6.71. The summed E-state index contributed by atoms with van der Waals surface area (Å²) in [6, 6.07) is 0.143. The molecule has 0 aliphatic heterocycles. The predicted octanol–water partition coefficient (Wildman–Crippen LogP) is 3.21. The lowest BCUT2D eigenvalue weighted by Gasteiger charge is -2.59. The molecule has 116 valence electrons. The first kappa shape index (κ1) is 13.7.